The number of aliphatic hydroxyl groups is 1. The van der Waals surface area contributed by atoms with Gasteiger partial charge in [0.1, 0.15) is 0 Å². The van der Waals surface area contributed by atoms with Crippen LogP contribution in [0.25, 0.3) is 0 Å². The maximum Gasteiger partial charge on any atom is 1.00 e. The predicted octanol–water partition coefficient (Wildman–Crippen LogP) is -3.05. The van der Waals surface area contributed by atoms with Gasteiger partial charge in [-0.05, 0) is 0 Å². The van der Waals surface area contributed by atoms with Gasteiger partial charge in [-0.15, -0.1) is 0 Å². The van der Waals surface area contributed by atoms with Crippen molar-refractivity contribution >= 4 is 0 Å². The summed E-state index contributed by atoms with van der Waals surface area (Å²) in [6.45, 7) is 0. The normalized spacial score (nSPS) is 1.40. The third-order valence-electron chi connectivity index (χ3n) is 0. The average Bonchev–Trinajstić information content (AvgIpc) is 0.918. The monoisotopic (exact) mass is 190 g/mol. The summed E-state index contributed by atoms with van der Waals surface area (Å²) < 4.78 is 0. The van der Waals surface area contributed by atoms with Gasteiger partial charge < -0.3 is 6.53 Å². The Kier molecular flexibility index (Phi) is 55.3. The molecule has 0 bridgehead atoms. The number of rotatable bonds is 0. The largest absolute Gasteiger partial charge is 1.00 e. The van der Waals surface area contributed by atoms with E-state index in [9.17, 15) is 0 Å². The second-order valence-electron chi connectivity index (χ2n) is 0.100. The summed E-state index contributed by atoms with van der Waals surface area (Å²) >= 11 is 0. The Hall–Kier alpha value is 1.67. The Morgan fingerprint density at radius 1 is 1.80 bits per heavy atom. The second-order valence-corrected chi connectivity index (χ2v) is 0.100. The van der Waals surface area contributed by atoms with Crippen LogP contribution in [0.1, 0.15) is 1.43 Å². The van der Waals surface area contributed by atoms with E-state index in [2.05, 4.69) is 0 Å². The van der Waals surface area contributed by atoms with Gasteiger partial charge in [-0.1, -0.05) is 0 Å². The molecule has 4 heteroatoms. The van der Waals surface area contributed by atoms with E-state index < -0.39 is 0 Å². The topological polar surface area (TPSA) is 44.0 Å². The molecule has 0 rings (SSSR count). The van der Waals surface area contributed by atoms with Gasteiger partial charge in [-0.2, -0.15) is 5.26 Å². The van der Waals surface area contributed by atoms with Crippen LogP contribution < -0.4 is 51.4 Å². The van der Waals surface area contributed by atoms with E-state index in [0.717, 1.165) is 6.26 Å². The molecule has 5 heavy (non-hydrogen) atoms. The third-order valence-corrected chi connectivity index (χ3v) is 0. The van der Waals surface area contributed by atoms with Gasteiger partial charge in [0, 0.05) is 22.4 Å². The van der Waals surface area contributed by atoms with Crippen molar-refractivity contribution in [1.29, 1.82) is 5.26 Å². The second kappa shape index (κ2) is 17.4. The molecule has 0 heterocycles. The van der Waals surface area contributed by atoms with Crippen LogP contribution in [0, 0.1) is 11.5 Å². The maximum atomic E-state index is 6.88. The SMILES string of the molecule is N#CO.[Ag].[H-].[K+]. The molecule has 0 spiro atoms. The molecule has 0 saturated carbocycles. The number of hydrogen-bond acceptors (Lipinski definition) is 2. The van der Waals surface area contributed by atoms with Crippen LogP contribution >= 0.6 is 0 Å². The standard InChI is InChI=1S/CHNO.Ag.K.H/c2-1-3;;;/h3H;;;/q;;+1;-1. The molecule has 0 atom stereocenters. The summed E-state index contributed by atoms with van der Waals surface area (Å²) in [4.78, 5) is 0. The Morgan fingerprint density at radius 2 is 1.80 bits per heavy atom. The van der Waals surface area contributed by atoms with Gasteiger partial charge in [-0.3, -0.25) is 0 Å². The number of aliphatic hydroxyl groups excluding tert-OH is 1. The fourth-order valence-corrected chi connectivity index (χ4v) is 0. The predicted molar refractivity (Wildman–Crippen MR) is 8.66 cm³/mol. The van der Waals surface area contributed by atoms with E-state index in [1.54, 1.807) is 0 Å². The third kappa shape index (κ3) is 27.4. The molecule has 0 aliphatic heterocycles. The number of hydrogen-bond donors (Lipinski definition) is 1. The first-order valence-electron chi connectivity index (χ1n) is 0.447. The summed E-state index contributed by atoms with van der Waals surface area (Å²) in [6, 6.07) is 0. The molecule has 2 nitrogen and oxygen atoms in total. The van der Waals surface area contributed by atoms with Crippen LogP contribution in [-0.2, 0) is 22.4 Å². The maximum absolute atomic E-state index is 6.88. The van der Waals surface area contributed by atoms with Crippen molar-refractivity contribution in [2.24, 2.45) is 0 Å². The Morgan fingerprint density at radius 3 is 1.80 bits per heavy atom. The fourth-order valence-electron chi connectivity index (χ4n) is 0. The van der Waals surface area contributed by atoms with Crippen molar-refractivity contribution < 1.29 is 80.3 Å². The zero-order valence-corrected chi connectivity index (χ0v) is 7.30. The number of nitriles is 1. The minimum atomic E-state index is 0. The van der Waals surface area contributed by atoms with Gasteiger partial charge in [0.25, 0.3) is 6.26 Å². The summed E-state index contributed by atoms with van der Waals surface area (Å²) in [5.74, 6) is 0. The van der Waals surface area contributed by atoms with Gasteiger partial charge in [0.15, 0.2) is 0 Å². The average molecular weight is 191 g/mol. The molecular formula is CH2AgKNO. The van der Waals surface area contributed by atoms with E-state index in [0.29, 0.717) is 0 Å². The summed E-state index contributed by atoms with van der Waals surface area (Å²) in [7, 11) is 0. The fraction of sp³-hybridized carbons (Fsp3) is 0. The molecule has 0 unspecified atom stereocenters. The van der Waals surface area contributed by atoms with Crippen molar-refractivity contribution in [3.8, 4) is 6.26 Å². The minimum absolute atomic E-state index is 0. The molecule has 0 aliphatic rings. The zero-order chi connectivity index (χ0) is 2.71. The molecule has 0 amide bonds. The zero-order valence-electron chi connectivity index (χ0n) is 3.70. The van der Waals surface area contributed by atoms with Crippen LogP contribution in [0.15, 0.2) is 0 Å². The molecule has 0 aromatic carbocycles. The van der Waals surface area contributed by atoms with Crippen LogP contribution in [-0.4, -0.2) is 5.11 Å². The van der Waals surface area contributed by atoms with Gasteiger partial charge in [-0.25, -0.2) is 0 Å². The van der Waals surface area contributed by atoms with E-state index in [1.165, 1.54) is 0 Å². The van der Waals surface area contributed by atoms with Crippen molar-refractivity contribution in [3.63, 3.8) is 0 Å². The van der Waals surface area contributed by atoms with Crippen LogP contribution in [0.4, 0.5) is 0 Å². The van der Waals surface area contributed by atoms with Crippen molar-refractivity contribution in [3.05, 3.63) is 0 Å². The first kappa shape index (κ1) is 15.9. The molecule has 0 saturated heterocycles. The van der Waals surface area contributed by atoms with Gasteiger partial charge in [0.2, 0.25) is 0 Å². The van der Waals surface area contributed by atoms with E-state index in [4.69, 9.17) is 10.4 Å². The minimum Gasteiger partial charge on any atom is -1.00 e. The van der Waals surface area contributed by atoms with E-state index in [1.807, 2.05) is 0 Å². The molecule has 0 aliphatic carbocycles. The van der Waals surface area contributed by atoms with Gasteiger partial charge >= 0.3 is 51.4 Å². The van der Waals surface area contributed by atoms with Gasteiger partial charge in [0.05, 0.1) is 0 Å². The molecule has 29 valence electrons. The van der Waals surface area contributed by atoms with E-state index in [-0.39, 0.29) is 75.2 Å². The summed E-state index contributed by atoms with van der Waals surface area (Å²) in [5, 5.41) is 13.8. The molecular weight excluding hydrogens is 189 g/mol. The molecule has 1 N–H and O–H groups in total. The van der Waals surface area contributed by atoms with Crippen molar-refractivity contribution in [2.45, 2.75) is 0 Å². The van der Waals surface area contributed by atoms with Crippen LogP contribution in [0.5, 0.6) is 0 Å². The molecule has 0 aromatic heterocycles. The number of nitrogens with zero attached hydrogens (tertiary/aromatic N) is 1. The van der Waals surface area contributed by atoms with E-state index >= 15 is 0 Å². The first-order chi connectivity index (χ1) is 1.41. The van der Waals surface area contributed by atoms with Crippen molar-refractivity contribution in [1.82, 2.24) is 0 Å². The van der Waals surface area contributed by atoms with Crippen molar-refractivity contribution in [2.75, 3.05) is 0 Å². The Labute approximate surface area is 90.0 Å². The summed E-state index contributed by atoms with van der Waals surface area (Å²) in [6.07, 6.45) is 0.750. The molecule has 0 aromatic rings. The molecule has 0 fully saturated rings. The van der Waals surface area contributed by atoms with Crippen LogP contribution in [0.2, 0.25) is 0 Å². The summed E-state index contributed by atoms with van der Waals surface area (Å²) in [5.41, 5.74) is 0. The molecule has 1 radical (unpaired) electrons. The quantitative estimate of drug-likeness (QED) is 0.326. The smallest absolute Gasteiger partial charge is 1.00 e. The Bertz CT molecular complexity index is 37.0. The first-order valence-corrected chi connectivity index (χ1v) is 0.447. The Balaban J connectivity index is -0.00000000667. The van der Waals surface area contributed by atoms with Crippen LogP contribution in [0.3, 0.4) is 0 Å².